The van der Waals surface area contributed by atoms with E-state index in [9.17, 15) is 0 Å². The van der Waals surface area contributed by atoms with Gasteiger partial charge in [0.15, 0.2) is 0 Å². The zero-order valence-corrected chi connectivity index (χ0v) is 12.7. The Morgan fingerprint density at radius 3 is 2.81 bits per heavy atom. The summed E-state index contributed by atoms with van der Waals surface area (Å²) in [4.78, 5) is 8.91. The molecule has 0 aromatic carbocycles. The molecule has 2 aromatic rings. The minimum atomic E-state index is -0.151. The van der Waals surface area contributed by atoms with Crippen LogP contribution in [0.15, 0.2) is 22.9 Å². The van der Waals surface area contributed by atoms with Crippen molar-refractivity contribution in [3.8, 4) is 11.5 Å². The van der Waals surface area contributed by atoms with Crippen LogP contribution in [-0.2, 0) is 5.41 Å². The third-order valence-electron chi connectivity index (χ3n) is 4.65. The summed E-state index contributed by atoms with van der Waals surface area (Å²) in [5.74, 6) is 1.99. The van der Waals surface area contributed by atoms with Gasteiger partial charge in [-0.25, -0.2) is 0 Å². The lowest BCUT2D eigenvalue weighted by Gasteiger charge is -2.35. The van der Waals surface area contributed by atoms with Crippen LogP contribution in [0.2, 0.25) is 0 Å². The van der Waals surface area contributed by atoms with Crippen LogP contribution in [0.3, 0.4) is 0 Å². The monoisotopic (exact) mass is 286 g/mol. The summed E-state index contributed by atoms with van der Waals surface area (Å²) in [6.45, 7) is 4.87. The number of pyridine rings is 1. The number of hydrogen-bond donors (Lipinski definition) is 1. The summed E-state index contributed by atoms with van der Waals surface area (Å²) in [6.07, 6.45) is 6.14. The van der Waals surface area contributed by atoms with Gasteiger partial charge in [-0.15, -0.1) is 0 Å². The number of nitrogens with zero attached hydrogens (tertiary/aromatic N) is 3. The lowest BCUT2D eigenvalue weighted by molar-refractivity contribution is 0.191. The highest BCUT2D eigenvalue weighted by atomic mass is 16.5. The molecule has 2 heterocycles. The van der Waals surface area contributed by atoms with Crippen LogP contribution >= 0.6 is 0 Å². The van der Waals surface area contributed by atoms with E-state index in [2.05, 4.69) is 22.0 Å². The van der Waals surface area contributed by atoms with E-state index in [4.69, 9.17) is 10.3 Å². The Balaban J connectivity index is 1.90. The molecule has 0 bridgehead atoms. The number of nitrogens with two attached hydrogens (primary N) is 1. The average molecular weight is 286 g/mol. The molecule has 0 radical (unpaired) electrons. The fourth-order valence-electron chi connectivity index (χ4n) is 3.02. The van der Waals surface area contributed by atoms with Crippen LogP contribution in [0.5, 0.6) is 0 Å². The maximum Gasteiger partial charge on any atom is 0.234 e. The maximum atomic E-state index is 6.04. The van der Waals surface area contributed by atoms with Crippen molar-refractivity contribution in [2.45, 2.75) is 44.9 Å². The molecule has 1 saturated carbocycles. The highest BCUT2D eigenvalue weighted by Gasteiger charge is 2.39. The predicted octanol–water partition coefficient (Wildman–Crippen LogP) is 2.85. The Bertz CT molecular complexity index is 614. The van der Waals surface area contributed by atoms with Crippen molar-refractivity contribution < 1.29 is 4.52 Å². The first-order valence-corrected chi connectivity index (χ1v) is 7.60. The Morgan fingerprint density at radius 2 is 2.14 bits per heavy atom. The fourth-order valence-corrected chi connectivity index (χ4v) is 3.02. The van der Waals surface area contributed by atoms with E-state index >= 15 is 0 Å². The van der Waals surface area contributed by atoms with Gasteiger partial charge in [-0.1, -0.05) is 12.1 Å². The second-order valence-corrected chi connectivity index (χ2v) is 6.31. The maximum absolute atomic E-state index is 6.04. The van der Waals surface area contributed by atoms with E-state index < -0.39 is 0 Å². The predicted molar refractivity (Wildman–Crippen MR) is 80.6 cm³/mol. The van der Waals surface area contributed by atoms with Crippen LogP contribution in [0, 0.1) is 12.8 Å². The Hall–Kier alpha value is -1.75. The summed E-state index contributed by atoms with van der Waals surface area (Å²) in [7, 11) is 0. The zero-order chi connectivity index (χ0) is 14.9. The van der Waals surface area contributed by atoms with Crippen LogP contribution in [-0.4, -0.2) is 21.7 Å². The van der Waals surface area contributed by atoms with Gasteiger partial charge in [-0.2, -0.15) is 4.98 Å². The molecule has 2 N–H and O–H groups in total. The molecule has 0 amide bonds. The van der Waals surface area contributed by atoms with Crippen molar-refractivity contribution in [3.63, 3.8) is 0 Å². The molecule has 1 fully saturated rings. The van der Waals surface area contributed by atoms with Crippen LogP contribution in [0.25, 0.3) is 11.5 Å². The third kappa shape index (κ3) is 2.70. The number of hydrogen-bond acceptors (Lipinski definition) is 5. The molecule has 0 unspecified atom stereocenters. The molecule has 5 nitrogen and oxygen atoms in total. The fraction of sp³-hybridized carbons (Fsp3) is 0.562. The van der Waals surface area contributed by atoms with Gasteiger partial charge in [-0.3, -0.25) is 4.98 Å². The summed E-state index contributed by atoms with van der Waals surface area (Å²) in [5.41, 5.74) is 7.78. The first kappa shape index (κ1) is 14.2. The average Bonchev–Trinajstić information content (AvgIpc) is 2.99. The van der Waals surface area contributed by atoms with Crippen molar-refractivity contribution >= 4 is 0 Å². The number of rotatable bonds is 3. The van der Waals surface area contributed by atoms with Crippen molar-refractivity contribution in [1.29, 1.82) is 0 Å². The standard InChI is InChI=1S/C16H22N4O/c1-11-3-6-16(10-17,7-4-11)15-19-14(20-21-15)13-9-12(2)5-8-18-13/h5,8-9,11H,3-4,6-7,10,17H2,1-2H3. The SMILES string of the molecule is Cc1ccnc(-c2noc(C3(CN)CCC(C)CC3)n2)c1. The molecule has 3 rings (SSSR count). The summed E-state index contributed by atoms with van der Waals surface area (Å²) >= 11 is 0. The van der Waals surface area contributed by atoms with Crippen molar-refractivity contribution in [2.24, 2.45) is 11.7 Å². The second-order valence-electron chi connectivity index (χ2n) is 6.31. The molecule has 2 aromatic heterocycles. The van der Waals surface area contributed by atoms with E-state index in [1.807, 2.05) is 19.1 Å². The molecule has 0 atom stereocenters. The van der Waals surface area contributed by atoms with Gasteiger partial charge in [0.05, 0.1) is 5.41 Å². The second kappa shape index (κ2) is 5.56. The smallest absolute Gasteiger partial charge is 0.234 e. The molecule has 21 heavy (non-hydrogen) atoms. The van der Waals surface area contributed by atoms with E-state index in [-0.39, 0.29) is 5.41 Å². The first-order valence-electron chi connectivity index (χ1n) is 7.60. The third-order valence-corrected chi connectivity index (χ3v) is 4.65. The van der Waals surface area contributed by atoms with E-state index in [1.165, 1.54) is 0 Å². The topological polar surface area (TPSA) is 77.8 Å². The summed E-state index contributed by atoms with van der Waals surface area (Å²) in [6, 6.07) is 3.92. The molecule has 1 aliphatic rings. The molecule has 1 aliphatic carbocycles. The normalized spacial score (nSPS) is 26.0. The first-order chi connectivity index (χ1) is 10.1. The van der Waals surface area contributed by atoms with Crippen LogP contribution in [0.1, 0.15) is 44.1 Å². The zero-order valence-electron chi connectivity index (χ0n) is 12.7. The number of aryl methyl sites for hydroxylation is 1. The van der Waals surface area contributed by atoms with Crippen molar-refractivity contribution in [3.05, 3.63) is 29.8 Å². The van der Waals surface area contributed by atoms with Gasteiger partial charge in [0.2, 0.25) is 11.7 Å². The molecular weight excluding hydrogens is 264 g/mol. The molecule has 0 aliphatic heterocycles. The summed E-state index contributed by atoms with van der Waals surface area (Å²) < 4.78 is 5.55. The van der Waals surface area contributed by atoms with Gasteiger partial charge in [0.1, 0.15) is 5.69 Å². The summed E-state index contributed by atoms with van der Waals surface area (Å²) in [5, 5.41) is 4.11. The quantitative estimate of drug-likeness (QED) is 0.938. The lowest BCUT2D eigenvalue weighted by atomic mass is 9.71. The highest BCUT2D eigenvalue weighted by molar-refractivity contribution is 5.49. The van der Waals surface area contributed by atoms with E-state index in [1.54, 1.807) is 6.20 Å². The van der Waals surface area contributed by atoms with Crippen molar-refractivity contribution in [1.82, 2.24) is 15.1 Å². The minimum Gasteiger partial charge on any atom is -0.338 e. The van der Waals surface area contributed by atoms with Gasteiger partial charge >= 0.3 is 0 Å². The Morgan fingerprint density at radius 1 is 1.38 bits per heavy atom. The Labute approximate surface area is 125 Å². The minimum absolute atomic E-state index is 0.151. The molecule has 5 heteroatoms. The van der Waals surface area contributed by atoms with E-state index in [0.29, 0.717) is 18.3 Å². The van der Waals surface area contributed by atoms with Gasteiger partial charge in [0, 0.05) is 12.7 Å². The molecular formula is C16H22N4O. The lowest BCUT2D eigenvalue weighted by Crippen LogP contribution is -2.39. The highest BCUT2D eigenvalue weighted by Crippen LogP contribution is 2.40. The van der Waals surface area contributed by atoms with E-state index in [0.717, 1.165) is 42.9 Å². The van der Waals surface area contributed by atoms with Gasteiger partial charge < -0.3 is 10.3 Å². The van der Waals surface area contributed by atoms with Crippen LogP contribution in [0.4, 0.5) is 0 Å². The molecule has 0 spiro atoms. The largest absolute Gasteiger partial charge is 0.338 e. The molecule has 112 valence electrons. The number of aromatic nitrogens is 3. The van der Waals surface area contributed by atoms with Gasteiger partial charge in [-0.05, 0) is 56.2 Å². The van der Waals surface area contributed by atoms with Crippen LogP contribution < -0.4 is 5.73 Å². The van der Waals surface area contributed by atoms with Gasteiger partial charge in [0.25, 0.3) is 0 Å². The molecule has 0 saturated heterocycles. The van der Waals surface area contributed by atoms with Crippen molar-refractivity contribution in [2.75, 3.05) is 6.54 Å². The Kier molecular flexibility index (Phi) is 3.76.